The molecule has 0 radical (unpaired) electrons. The van der Waals surface area contributed by atoms with E-state index in [-0.39, 0.29) is 5.91 Å². The lowest BCUT2D eigenvalue weighted by atomic mass is 10.0. The van der Waals surface area contributed by atoms with Gasteiger partial charge >= 0.3 is 0 Å². The van der Waals surface area contributed by atoms with Gasteiger partial charge in [-0.05, 0) is 36.9 Å². The van der Waals surface area contributed by atoms with Crippen molar-refractivity contribution in [2.75, 3.05) is 13.6 Å². The molecule has 1 aliphatic rings. The summed E-state index contributed by atoms with van der Waals surface area (Å²) in [5.74, 6) is 0.0557. The number of aromatic nitrogens is 1. The summed E-state index contributed by atoms with van der Waals surface area (Å²) in [4.78, 5) is 11.4. The fraction of sp³-hybridized carbons (Fsp3) is 0.643. The van der Waals surface area contributed by atoms with Crippen LogP contribution in [-0.4, -0.2) is 24.1 Å². The number of nitrogens with zero attached hydrogens (tertiary/aromatic N) is 1. The second-order valence-corrected chi connectivity index (χ2v) is 4.94. The third-order valence-electron chi connectivity index (χ3n) is 3.62. The summed E-state index contributed by atoms with van der Waals surface area (Å²) in [5, 5.41) is 6.21. The molecule has 4 heteroatoms. The van der Waals surface area contributed by atoms with Crippen LogP contribution in [-0.2, 0) is 17.8 Å². The van der Waals surface area contributed by atoms with E-state index in [4.69, 9.17) is 0 Å². The van der Waals surface area contributed by atoms with Crippen LogP contribution < -0.4 is 10.6 Å². The van der Waals surface area contributed by atoms with Gasteiger partial charge in [-0.3, -0.25) is 4.79 Å². The maximum Gasteiger partial charge on any atom is 0.239 e. The monoisotopic (exact) mass is 249 g/mol. The molecule has 0 saturated carbocycles. The Hall–Kier alpha value is -1.29. The molecule has 1 unspecified atom stereocenters. The average molecular weight is 249 g/mol. The summed E-state index contributed by atoms with van der Waals surface area (Å²) in [6.07, 6.45) is 9.15. The van der Waals surface area contributed by atoms with Crippen LogP contribution in [0.1, 0.15) is 43.4 Å². The van der Waals surface area contributed by atoms with E-state index in [1.54, 1.807) is 7.05 Å². The molecule has 18 heavy (non-hydrogen) atoms. The molecule has 0 saturated heterocycles. The molecule has 0 spiro atoms. The molecule has 4 nitrogen and oxygen atoms in total. The van der Waals surface area contributed by atoms with Crippen LogP contribution in [0.3, 0.4) is 0 Å². The Labute approximate surface area is 109 Å². The van der Waals surface area contributed by atoms with Crippen LogP contribution in [0.15, 0.2) is 12.4 Å². The van der Waals surface area contributed by atoms with Crippen molar-refractivity contribution < 1.29 is 4.79 Å². The highest BCUT2D eigenvalue weighted by molar-refractivity contribution is 5.75. The summed E-state index contributed by atoms with van der Waals surface area (Å²) in [6.45, 7) is 3.55. The molecule has 0 aliphatic heterocycles. The van der Waals surface area contributed by atoms with E-state index < -0.39 is 0 Å². The summed E-state index contributed by atoms with van der Waals surface area (Å²) in [6, 6.07) is 0.457. The largest absolute Gasteiger partial charge is 0.358 e. The molecule has 0 aromatic carbocycles. The summed E-state index contributed by atoms with van der Waals surface area (Å²) in [7, 11) is 1.68. The smallest absolute Gasteiger partial charge is 0.239 e. The highest BCUT2D eigenvalue weighted by Crippen LogP contribution is 2.29. The van der Waals surface area contributed by atoms with E-state index in [2.05, 4.69) is 30.0 Å². The number of aryl methyl sites for hydroxylation is 1. The van der Waals surface area contributed by atoms with E-state index in [1.165, 1.54) is 30.4 Å². The Morgan fingerprint density at radius 1 is 1.44 bits per heavy atom. The van der Waals surface area contributed by atoms with Gasteiger partial charge in [0.2, 0.25) is 5.91 Å². The summed E-state index contributed by atoms with van der Waals surface area (Å²) in [5.41, 5.74) is 2.79. The van der Waals surface area contributed by atoms with Gasteiger partial charge in [-0.1, -0.05) is 13.3 Å². The van der Waals surface area contributed by atoms with Crippen LogP contribution in [0.4, 0.5) is 0 Å². The molecule has 1 atom stereocenters. The molecule has 1 heterocycles. The van der Waals surface area contributed by atoms with E-state index >= 15 is 0 Å². The minimum Gasteiger partial charge on any atom is -0.358 e. The maximum atomic E-state index is 11.4. The topological polar surface area (TPSA) is 46.1 Å². The molecule has 0 bridgehead atoms. The van der Waals surface area contributed by atoms with Crippen LogP contribution in [0.5, 0.6) is 0 Å². The van der Waals surface area contributed by atoms with E-state index in [0.717, 1.165) is 13.0 Å². The van der Waals surface area contributed by atoms with Gasteiger partial charge in [-0.15, -0.1) is 0 Å². The number of nitrogens with one attached hydrogen (secondary N) is 2. The number of hydrogen-bond acceptors (Lipinski definition) is 2. The lowest BCUT2D eigenvalue weighted by molar-refractivity contribution is -0.121. The van der Waals surface area contributed by atoms with Crippen LogP contribution in [0, 0.1) is 0 Å². The Morgan fingerprint density at radius 3 is 3.00 bits per heavy atom. The van der Waals surface area contributed by atoms with Gasteiger partial charge in [-0.25, -0.2) is 0 Å². The van der Waals surface area contributed by atoms with Crippen molar-refractivity contribution in [3.05, 3.63) is 23.5 Å². The van der Waals surface area contributed by atoms with Crippen molar-refractivity contribution in [3.8, 4) is 0 Å². The SMILES string of the molecule is CCNC1CCCCc2cn(CC(=O)NC)cc21. The molecule has 1 aliphatic carbocycles. The Balaban J connectivity index is 2.18. The molecule has 100 valence electrons. The van der Waals surface area contributed by atoms with Crippen LogP contribution >= 0.6 is 0 Å². The fourth-order valence-electron chi connectivity index (χ4n) is 2.71. The maximum absolute atomic E-state index is 11.4. The predicted molar refractivity (Wildman–Crippen MR) is 72.5 cm³/mol. The van der Waals surface area contributed by atoms with Crippen molar-refractivity contribution in [2.45, 2.75) is 45.2 Å². The average Bonchev–Trinajstić information content (AvgIpc) is 2.67. The second kappa shape index (κ2) is 6.05. The number of likely N-dealkylation sites (N-methyl/N-ethyl adjacent to an activating group) is 1. The summed E-state index contributed by atoms with van der Waals surface area (Å²) >= 11 is 0. The fourth-order valence-corrected chi connectivity index (χ4v) is 2.71. The van der Waals surface area contributed by atoms with Gasteiger partial charge in [-0.2, -0.15) is 0 Å². The predicted octanol–water partition coefficient (Wildman–Crippen LogP) is 1.61. The van der Waals surface area contributed by atoms with Crippen LogP contribution in [0.2, 0.25) is 0 Å². The Kier molecular flexibility index (Phi) is 4.42. The second-order valence-electron chi connectivity index (χ2n) is 4.94. The van der Waals surface area contributed by atoms with Crippen molar-refractivity contribution >= 4 is 5.91 Å². The van der Waals surface area contributed by atoms with Gasteiger partial charge in [0.1, 0.15) is 6.54 Å². The first-order valence-corrected chi connectivity index (χ1v) is 6.87. The molecule has 1 aromatic rings. The quantitative estimate of drug-likeness (QED) is 0.796. The van der Waals surface area contributed by atoms with Crippen molar-refractivity contribution in [3.63, 3.8) is 0 Å². The highest BCUT2D eigenvalue weighted by Gasteiger charge is 2.20. The molecule has 2 N–H and O–H groups in total. The van der Waals surface area contributed by atoms with Gasteiger partial charge in [0, 0.05) is 25.5 Å². The van der Waals surface area contributed by atoms with Crippen molar-refractivity contribution in [2.24, 2.45) is 0 Å². The normalized spacial score (nSPS) is 19.1. The molecule has 2 rings (SSSR count). The first-order valence-electron chi connectivity index (χ1n) is 6.87. The number of carbonyl (C=O) groups is 1. The van der Waals surface area contributed by atoms with Crippen LogP contribution in [0.25, 0.3) is 0 Å². The number of carbonyl (C=O) groups excluding carboxylic acids is 1. The number of hydrogen-bond donors (Lipinski definition) is 2. The highest BCUT2D eigenvalue weighted by atomic mass is 16.1. The van der Waals surface area contributed by atoms with E-state index in [9.17, 15) is 4.79 Å². The minimum absolute atomic E-state index is 0.0557. The first-order chi connectivity index (χ1) is 8.74. The van der Waals surface area contributed by atoms with Gasteiger partial charge in [0.25, 0.3) is 0 Å². The number of rotatable bonds is 4. The van der Waals surface area contributed by atoms with Gasteiger partial charge < -0.3 is 15.2 Å². The molecular weight excluding hydrogens is 226 g/mol. The van der Waals surface area contributed by atoms with Crippen molar-refractivity contribution in [1.29, 1.82) is 0 Å². The zero-order chi connectivity index (χ0) is 13.0. The zero-order valence-electron chi connectivity index (χ0n) is 11.3. The molecule has 1 aromatic heterocycles. The third-order valence-corrected chi connectivity index (χ3v) is 3.62. The lowest BCUT2D eigenvalue weighted by Crippen LogP contribution is -2.23. The molecular formula is C14H23N3O. The lowest BCUT2D eigenvalue weighted by Gasteiger charge is -2.15. The zero-order valence-corrected chi connectivity index (χ0v) is 11.3. The Bertz CT molecular complexity index is 411. The number of fused-ring (bicyclic) bond motifs is 1. The molecule has 1 amide bonds. The van der Waals surface area contributed by atoms with Crippen molar-refractivity contribution in [1.82, 2.24) is 15.2 Å². The minimum atomic E-state index is 0.0557. The van der Waals surface area contributed by atoms with E-state index in [1.807, 2.05) is 4.57 Å². The third kappa shape index (κ3) is 2.93. The van der Waals surface area contributed by atoms with Gasteiger partial charge in [0.05, 0.1) is 0 Å². The number of amides is 1. The van der Waals surface area contributed by atoms with Gasteiger partial charge in [0.15, 0.2) is 0 Å². The standard InChI is InChI=1S/C14H23N3O/c1-3-16-13-7-5-4-6-11-8-17(9-12(11)13)10-14(18)15-2/h8-9,13,16H,3-7,10H2,1-2H3,(H,15,18). The Morgan fingerprint density at radius 2 is 2.28 bits per heavy atom. The first kappa shape index (κ1) is 13.1. The molecule has 0 fully saturated rings. The summed E-state index contributed by atoms with van der Waals surface area (Å²) < 4.78 is 2.01. The van der Waals surface area contributed by atoms with E-state index in [0.29, 0.717) is 12.6 Å².